The van der Waals surface area contributed by atoms with Gasteiger partial charge in [0.25, 0.3) is 11.8 Å². The van der Waals surface area contributed by atoms with Crippen molar-refractivity contribution in [2.75, 3.05) is 6.61 Å². The number of nitrogens with two attached hydrogens (primary N) is 1. The summed E-state index contributed by atoms with van der Waals surface area (Å²) in [7, 11) is 0. The maximum absolute atomic E-state index is 12.4. The molecule has 0 saturated carbocycles. The molecule has 158 valence electrons. The van der Waals surface area contributed by atoms with Crippen LogP contribution in [-0.4, -0.2) is 40.3 Å². The molecule has 2 aromatic rings. The summed E-state index contributed by atoms with van der Waals surface area (Å²) in [6, 6.07) is 12.5. The van der Waals surface area contributed by atoms with E-state index in [1.54, 1.807) is 44.2 Å². The number of nitrogens with one attached hydrogen (secondary N) is 2. The topological polar surface area (TPSA) is 134 Å². The Morgan fingerprint density at radius 2 is 1.90 bits per heavy atom. The highest BCUT2D eigenvalue weighted by atomic mass is 16.5. The van der Waals surface area contributed by atoms with Crippen LogP contribution in [0.4, 0.5) is 0 Å². The maximum Gasteiger partial charge on any atom is 0.267 e. The molecule has 0 aliphatic heterocycles. The fourth-order valence-corrected chi connectivity index (χ4v) is 2.58. The smallest absolute Gasteiger partial charge is 0.267 e. The third kappa shape index (κ3) is 6.60. The summed E-state index contributed by atoms with van der Waals surface area (Å²) in [6.07, 6.45) is 0. The van der Waals surface area contributed by atoms with Gasteiger partial charge < -0.3 is 20.9 Å². The van der Waals surface area contributed by atoms with Gasteiger partial charge in [0.05, 0.1) is 6.61 Å². The molecule has 0 bridgehead atoms. The van der Waals surface area contributed by atoms with Crippen LogP contribution < -0.4 is 21.3 Å². The van der Waals surface area contributed by atoms with Crippen molar-refractivity contribution in [3.8, 4) is 17.6 Å². The van der Waals surface area contributed by atoms with Crippen molar-refractivity contribution in [3.05, 3.63) is 65.2 Å². The lowest BCUT2D eigenvalue weighted by molar-refractivity contribution is -0.132. The molecule has 30 heavy (non-hydrogen) atoms. The lowest BCUT2D eigenvalue weighted by Crippen LogP contribution is -2.61. The second kappa shape index (κ2) is 10.4. The number of benzene rings is 2. The molecule has 6 N–H and O–H groups in total. The number of carbonyl (C=O) groups is 2. The van der Waals surface area contributed by atoms with Crippen molar-refractivity contribution in [1.82, 2.24) is 10.8 Å². The molecule has 0 aliphatic carbocycles. The second-order valence-corrected chi connectivity index (χ2v) is 7.18. The number of amides is 2. The van der Waals surface area contributed by atoms with Gasteiger partial charge in [-0.3, -0.25) is 14.8 Å². The van der Waals surface area contributed by atoms with Crippen LogP contribution in [-0.2, 0) is 11.4 Å². The monoisotopic (exact) mass is 411 g/mol. The standard InChI is InChI=1S/C22H25N3O5/c1-22(2,23)19(21(28)25-29)24-20(27)17-8-10-18(11-9-17)30-12-4-7-15-5-3-6-16(13-15)14-26/h3,5-6,8-11,13,19,26,29H,12,14,23H2,1-2H3,(H,24,27)(H,25,28). The number of hydrogen-bond donors (Lipinski definition) is 5. The normalized spacial score (nSPS) is 11.6. The molecule has 0 radical (unpaired) electrons. The van der Waals surface area contributed by atoms with Crippen LogP contribution in [0.2, 0.25) is 0 Å². The van der Waals surface area contributed by atoms with Gasteiger partial charge in [0, 0.05) is 16.7 Å². The molecule has 8 heteroatoms. The van der Waals surface area contributed by atoms with Crippen molar-refractivity contribution in [2.45, 2.75) is 32.0 Å². The predicted octanol–water partition coefficient (Wildman–Crippen LogP) is 0.950. The van der Waals surface area contributed by atoms with E-state index >= 15 is 0 Å². The molecular formula is C22H25N3O5. The van der Waals surface area contributed by atoms with Gasteiger partial charge in [-0.25, -0.2) is 5.48 Å². The average Bonchev–Trinajstić information content (AvgIpc) is 2.74. The summed E-state index contributed by atoms with van der Waals surface area (Å²) in [6.45, 7) is 3.23. The summed E-state index contributed by atoms with van der Waals surface area (Å²) < 4.78 is 5.54. The van der Waals surface area contributed by atoms with Crippen molar-refractivity contribution in [2.24, 2.45) is 5.73 Å². The van der Waals surface area contributed by atoms with Gasteiger partial charge in [-0.15, -0.1) is 0 Å². The Kier molecular flexibility index (Phi) is 7.95. The zero-order valence-electron chi connectivity index (χ0n) is 16.8. The van der Waals surface area contributed by atoms with Gasteiger partial charge in [0.15, 0.2) is 0 Å². The highest BCUT2D eigenvalue weighted by molar-refractivity contribution is 5.97. The fraction of sp³-hybridized carbons (Fsp3) is 0.273. The minimum absolute atomic E-state index is 0.0415. The molecule has 8 nitrogen and oxygen atoms in total. The van der Waals surface area contributed by atoms with Gasteiger partial charge in [-0.2, -0.15) is 0 Å². The van der Waals surface area contributed by atoms with Crippen LogP contribution >= 0.6 is 0 Å². The molecule has 0 aromatic heterocycles. The SMILES string of the molecule is CC(C)(N)C(NC(=O)c1ccc(OCC#Cc2cccc(CO)c2)cc1)C(=O)NO. The minimum atomic E-state index is -1.12. The van der Waals surface area contributed by atoms with Crippen LogP contribution in [0.1, 0.15) is 35.3 Å². The van der Waals surface area contributed by atoms with Gasteiger partial charge >= 0.3 is 0 Å². The first-order chi connectivity index (χ1) is 14.2. The number of hydroxylamine groups is 1. The first-order valence-electron chi connectivity index (χ1n) is 9.20. The second-order valence-electron chi connectivity index (χ2n) is 7.18. The molecule has 0 spiro atoms. The van der Waals surface area contributed by atoms with Gasteiger partial charge in [0.1, 0.15) is 18.4 Å². The van der Waals surface area contributed by atoms with E-state index in [2.05, 4.69) is 17.2 Å². The average molecular weight is 411 g/mol. The number of aliphatic hydroxyl groups is 1. The fourth-order valence-electron chi connectivity index (χ4n) is 2.58. The quantitative estimate of drug-likeness (QED) is 0.262. The highest BCUT2D eigenvalue weighted by Crippen LogP contribution is 2.13. The first-order valence-corrected chi connectivity index (χ1v) is 9.20. The predicted molar refractivity (Wildman–Crippen MR) is 111 cm³/mol. The number of ether oxygens (including phenoxy) is 1. The van der Waals surface area contributed by atoms with Crippen molar-refractivity contribution in [3.63, 3.8) is 0 Å². The van der Waals surface area contributed by atoms with E-state index in [1.165, 1.54) is 5.48 Å². The molecule has 0 saturated heterocycles. The molecule has 2 amide bonds. The Labute approximate surface area is 175 Å². The third-order valence-electron chi connectivity index (χ3n) is 4.16. The summed E-state index contributed by atoms with van der Waals surface area (Å²) in [4.78, 5) is 24.2. The zero-order chi connectivity index (χ0) is 22.1. The van der Waals surface area contributed by atoms with E-state index in [9.17, 15) is 9.59 Å². The largest absolute Gasteiger partial charge is 0.481 e. The summed E-state index contributed by atoms with van der Waals surface area (Å²) in [5, 5.41) is 20.5. The van der Waals surface area contributed by atoms with Crippen molar-refractivity contribution >= 4 is 11.8 Å². The Morgan fingerprint density at radius 1 is 1.20 bits per heavy atom. The van der Waals surface area contributed by atoms with Crippen LogP contribution in [0.5, 0.6) is 5.75 Å². The summed E-state index contributed by atoms with van der Waals surface area (Å²) in [5.74, 6) is 5.03. The Bertz CT molecular complexity index is 940. The van der Waals surface area contributed by atoms with E-state index in [0.717, 1.165) is 11.1 Å². The molecular weight excluding hydrogens is 386 g/mol. The summed E-state index contributed by atoms with van der Waals surface area (Å²) in [5.41, 5.74) is 8.19. The number of rotatable bonds is 7. The van der Waals surface area contributed by atoms with Crippen LogP contribution in [0, 0.1) is 11.8 Å². The van der Waals surface area contributed by atoms with Gasteiger partial charge in [0.2, 0.25) is 0 Å². The number of carbonyl (C=O) groups excluding carboxylic acids is 2. The van der Waals surface area contributed by atoms with Gasteiger partial charge in [-0.05, 0) is 55.8 Å². The third-order valence-corrected chi connectivity index (χ3v) is 4.16. The van der Waals surface area contributed by atoms with Crippen LogP contribution in [0.15, 0.2) is 48.5 Å². The first kappa shape index (κ1) is 22.9. The molecule has 0 aliphatic rings. The van der Waals surface area contributed by atoms with Crippen LogP contribution in [0.3, 0.4) is 0 Å². The molecule has 1 unspecified atom stereocenters. The van der Waals surface area contributed by atoms with E-state index in [0.29, 0.717) is 11.3 Å². The lowest BCUT2D eigenvalue weighted by Gasteiger charge is -2.29. The Morgan fingerprint density at radius 3 is 2.50 bits per heavy atom. The van der Waals surface area contributed by atoms with E-state index < -0.39 is 23.4 Å². The minimum Gasteiger partial charge on any atom is -0.481 e. The van der Waals surface area contributed by atoms with E-state index in [4.69, 9.17) is 20.8 Å². The zero-order valence-corrected chi connectivity index (χ0v) is 16.8. The lowest BCUT2D eigenvalue weighted by atomic mass is 9.95. The van der Waals surface area contributed by atoms with Crippen LogP contribution in [0.25, 0.3) is 0 Å². The molecule has 0 fully saturated rings. The van der Waals surface area contributed by atoms with E-state index in [1.807, 2.05) is 18.2 Å². The highest BCUT2D eigenvalue weighted by Gasteiger charge is 2.33. The Hall–Kier alpha value is -3.38. The summed E-state index contributed by atoms with van der Waals surface area (Å²) >= 11 is 0. The molecule has 2 rings (SSSR count). The number of hydrogen-bond acceptors (Lipinski definition) is 6. The number of aliphatic hydroxyl groups excluding tert-OH is 1. The molecule has 0 heterocycles. The molecule has 1 atom stereocenters. The van der Waals surface area contributed by atoms with Crippen molar-refractivity contribution < 1.29 is 24.6 Å². The maximum atomic E-state index is 12.4. The van der Waals surface area contributed by atoms with E-state index in [-0.39, 0.29) is 13.2 Å². The van der Waals surface area contributed by atoms with Crippen molar-refractivity contribution in [1.29, 1.82) is 0 Å². The van der Waals surface area contributed by atoms with Gasteiger partial charge in [-0.1, -0.05) is 24.0 Å². The molecule has 2 aromatic carbocycles. The Balaban J connectivity index is 1.95.